The highest BCUT2D eigenvalue weighted by Crippen LogP contribution is 2.18. The maximum atomic E-state index is 11.3. The van der Waals surface area contributed by atoms with Crippen molar-refractivity contribution in [1.29, 1.82) is 0 Å². The van der Waals surface area contributed by atoms with Crippen LogP contribution in [-0.4, -0.2) is 12.2 Å². The van der Waals surface area contributed by atoms with E-state index in [1.807, 2.05) is 19.1 Å². The molecule has 0 fully saturated rings. The summed E-state index contributed by atoms with van der Waals surface area (Å²) in [5.41, 5.74) is 8.23. The molecular formula is C12H18N2O2. The first-order valence-corrected chi connectivity index (χ1v) is 5.39. The minimum Gasteiger partial charge on any atom is -0.447 e. The Hall–Kier alpha value is -1.71. The zero-order valence-corrected chi connectivity index (χ0v) is 9.91. The van der Waals surface area contributed by atoms with Crippen molar-refractivity contribution in [2.75, 3.05) is 11.1 Å². The van der Waals surface area contributed by atoms with Gasteiger partial charge in [-0.15, -0.1) is 0 Å². The number of benzene rings is 1. The van der Waals surface area contributed by atoms with E-state index in [0.29, 0.717) is 11.4 Å². The van der Waals surface area contributed by atoms with Gasteiger partial charge in [0.05, 0.1) is 6.10 Å². The van der Waals surface area contributed by atoms with Crippen LogP contribution in [0.15, 0.2) is 18.2 Å². The number of hydrogen-bond acceptors (Lipinski definition) is 3. The highest BCUT2D eigenvalue weighted by Gasteiger charge is 2.06. The Kier molecular flexibility index (Phi) is 4.17. The zero-order valence-electron chi connectivity index (χ0n) is 9.91. The largest absolute Gasteiger partial charge is 0.447 e. The fourth-order valence-electron chi connectivity index (χ4n) is 1.36. The van der Waals surface area contributed by atoms with Gasteiger partial charge in [-0.05, 0) is 38.0 Å². The lowest BCUT2D eigenvalue weighted by atomic mass is 10.1. The molecule has 4 nitrogen and oxygen atoms in total. The number of nitrogens with one attached hydrogen (secondary N) is 1. The van der Waals surface area contributed by atoms with E-state index in [9.17, 15) is 4.79 Å². The summed E-state index contributed by atoms with van der Waals surface area (Å²) in [7, 11) is 0. The lowest BCUT2D eigenvalue weighted by Crippen LogP contribution is -2.18. The maximum Gasteiger partial charge on any atom is 0.411 e. The molecule has 88 valence electrons. The van der Waals surface area contributed by atoms with Crippen LogP contribution in [0.3, 0.4) is 0 Å². The molecule has 0 aliphatic carbocycles. The third-order valence-electron chi connectivity index (χ3n) is 2.12. The minimum atomic E-state index is -0.460. The van der Waals surface area contributed by atoms with Crippen LogP contribution in [0.4, 0.5) is 16.2 Å². The molecule has 0 spiro atoms. The fraction of sp³-hybridized carbons (Fsp3) is 0.417. The average Bonchev–Trinajstić information content (AvgIpc) is 2.16. The van der Waals surface area contributed by atoms with Gasteiger partial charge >= 0.3 is 6.09 Å². The Bertz CT molecular complexity index is 375. The Morgan fingerprint density at radius 1 is 1.50 bits per heavy atom. The predicted molar refractivity (Wildman–Crippen MR) is 65.5 cm³/mol. The number of ether oxygens (including phenoxy) is 1. The van der Waals surface area contributed by atoms with E-state index in [4.69, 9.17) is 10.5 Å². The predicted octanol–water partition coefficient (Wildman–Crippen LogP) is 2.79. The maximum absolute atomic E-state index is 11.3. The summed E-state index contributed by atoms with van der Waals surface area (Å²) in [4.78, 5) is 11.3. The third-order valence-corrected chi connectivity index (χ3v) is 2.12. The summed E-state index contributed by atoms with van der Waals surface area (Å²) in [5.74, 6) is 0. The molecule has 0 aliphatic rings. The molecule has 1 aromatic rings. The van der Waals surface area contributed by atoms with E-state index >= 15 is 0 Å². The molecule has 0 saturated carbocycles. The van der Waals surface area contributed by atoms with E-state index in [-0.39, 0.29) is 6.10 Å². The number of carbonyl (C=O) groups excluding carboxylic acids is 1. The molecular weight excluding hydrogens is 204 g/mol. The first-order chi connectivity index (χ1) is 7.52. The molecule has 3 N–H and O–H groups in total. The number of carbonyl (C=O) groups is 1. The van der Waals surface area contributed by atoms with Crippen molar-refractivity contribution < 1.29 is 9.53 Å². The lowest BCUT2D eigenvalue weighted by Gasteiger charge is -2.11. The normalized spacial score (nSPS) is 10.2. The number of anilines is 2. The molecule has 0 heterocycles. The fourth-order valence-corrected chi connectivity index (χ4v) is 1.36. The number of rotatable bonds is 3. The van der Waals surface area contributed by atoms with E-state index in [0.717, 1.165) is 12.0 Å². The molecule has 0 aliphatic heterocycles. The first kappa shape index (κ1) is 12.4. The second-order valence-electron chi connectivity index (χ2n) is 3.85. The average molecular weight is 222 g/mol. The Morgan fingerprint density at radius 3 is 2.69 bits per heavy atom. The summed E-state index contributed by atoms with van der Waals surface area (Å²) in [6.07, 6.45) is 0.286. The van der Waals surface area contributed by atoms with Crippen LogP contribution >= 0.6 is 0 Å². The standard InChI is InChI=1S/C12H18N2O2/c1-4-9-5-6-10(7-11(9)13)14-12(15)16-8(2)3/h5-8H,4,13H2,1-3H3,(H,14,15). The van der Waals surface area contributed by atoms with Gasteiger partial charge in [0.15, 0.2) is 0 Å². The van der Waals surface area contributed by atoms with Gasteiger partial charge in [0.2, 0.25) is 0 Å². The summed E-state index contributed by atoms with van der Waals surface area (Å²) in [6, 6.07) is 5.46. The number of aryl methyl sites for hydroxylation is 1. The molecule has 1 rings (SSSR count). The number of amides is 1. The van der Waals surface area contributed by atoms with Crippen LogP contribution in [0.2, 0.25) is 0 Å². The molecule has 0 unspecified atom stereocenters. The van der Waals surface area contributed by atoms with E-state index in [1.165, 1.54) is 0 Å². The molecule has 1 amide bonds. The van der Waals surface area contributed by atoms with Crippen LogP contribution in [0, 0.1) is 0 Å². The van der Waals surface area contributed by atoms with Gasteiger partial charge in [0, 0.05) is 11.4 Å². The summed E-state index contributed by atoms with van der Waals surface area (Å²) in [5, 5.41) is 2.62. The van der Waals surface area contributed by atoms with Gasteiger partial charge in [-0.1, -0.05) is 13.0 Å². The molecule has 0 bridgehead atoms. The van der Waals surface area contributed by atoms with Gasteiger partial charge in [-0.25, -0.2) is 4.79 Å². The van der Waals surface area contributed by atoms with Crippen LogP contribution in [0.25, 0.3) is 0 Å². The molecule has 4 heteroatoms. The van der Waals surface area contributed by atoms with E-state index < -0.39 is 6.09 Å². The van der Waals surface area contributed by atoms with Crippen molar-refractivity contribution >= 4 is 17.5 Å². The molecule has 16 heavy (non-hydrogen) atoms. The molecule has 1 aromatic carbocycles. The van der Waals surface area contributed by atoms with Gasteiger partial charge in [-0.2, -0.15) is 0 Å². The monoisotopic (exact) mass is 222 g/mol. The van der Waals surface area contributed by atoms with Crippen LogP contribution in [-0.2, 0) is 11.2 Å². The van der Waals surface area contributed by atoms with Crippen LogP contribution in [0.5, 0.6) is 0 Å². The van der Waals surface area contributed by atoms with Crippen molar-refractivity contribution in [3.63, 3.8) is 0 Å². The van der Waals surface area contributed by atoms with E-state index in [1.54, 1.807) is 19.9 Å². The van der Waals surface area contributed by atoms with Crippen molar-refractivity contribution in [3.8, 4) is 0 Å². The molecule has 0 saturated heterocycles. The smallest absolute Gasteiger partial charge is 0.411 e. The van der Waals surface area contributed by atoms with Crippen LogP contribution in [0.1, 0.15) is 26.3 Å². The molecule has 0 radical (unpaired) electrons. The quantitative estimate of drug-likeness (QED) is 0.773. The highest BCUT2D eigenvalue weighted by atomic mass is 16.6. The SMILES string of the molecule is CCc1ccc(NC(=O)OC(C)C)cc1N. The topological polar surface area (TPSA) is 64.3 Å². The number of hydrogen-bond donors (Lipinski definition) is 2. The number of nitrogen functional groups attached to an aromatic ring is 1. The Labute approximate surface area is 95.8 Å². The Balaban J connectivity index is 2.68. The lowest BCUT2D eigenvalue weighted by molar-refractivity contribution is 0.130. The van der Waals surface area contributed by atoms with Gasteiger partial charge in [0.1, 0.15) is 0 Å². The summed E-state index contributed by atoms with van der Waals surface area (Å²) in [6.45, 7) is 5.63. The second-order valence-corrected chi connectivity index (χ2v) is 3.85. The zero-order chi connectivity index (χ0) is 12.1. The number of nitrogens with two attached hydrogens (primary N) is 1. The van der Waals surface area contributed by atoms with Gasteiger partial charge in [-0.3, -0.25) is 5.32 Å². The first-order valence-electron chi connectivity index (χ1n) is 5.39. The van der Waals surface area contributed by atoms with Gasteiger partial charge < -0.3 is 10.5 Å². The molecule has 0 atom stereocenters. The van der Waals surface area contributed by atoms with Crippen molar-refractivity contribution in [2.24, 2.45) is 0 Å². The molecule has 0 aromatic heterocycles. The highest BCUT2D eigenvalue weighted by molar-refractivity contribution is 5.85. The second kappa shape index (κ2) is 5.39. The summed E-state index contributed by atoms with van der Waals surface area (Å²) >= 11 is 0. The van der Waals surface area contributed by atoms with Crippen LogP contribution < -0.4 is 11.1 Å². The summed E-state index contributed by atoms with van der Waals surface area (Å²) < 4.78 is 4.96. The van der Waals surface area contributed by atoms with Crippen molar-refractivity contribution in [1.82, 2.24) is 0 Å². The van der Waals surface area contributed by atoms with E-state index in [2.05, 4.69) is 5.32 Å². The minimum absolute atomic E-state index is 0.132. The van der Waals surface area contributed by atoms with Crippen molar-refractivity contribution in [2.45, 2.75) is 33.3 Å². The van der Waals surface area contributed by atoms with Gasteiger partial charge in [0.25, 0.3) is 0 Å². The van der Waals surface area contributed by atoms with Crippen molar-refractivity contribution in [3.05, 3.63) is 23.8 Å². The Morgan fingerprint density at radius 2 is 2.19 bits per heavy atom. The third kappa shape index (κ3) is 3.46.